The molecule has 0 N–H and O–H groups in total. The van der Waals surface area contributed by atoms with Crippen molar-refractivity contribution in [3.05, 3.63) is 234 Å². The third-order valence-corrected chi connectivity index (χ3v) is 16.3. The molecule has 0 radical (unpaired) electrons. The Bertz CT molecular complexity index is 3910. The average molecular weight is 872 g/mol. The number of hydrogen-bond donors (Lipinski definition) is 0. The summed E-state index contributed by atoms with van der Waals surface area (Å²) < 4.78 is 2.51. The van der Waals surface area contributed by atoms with Crippen molar-refractivity contribution in [2.75, 3.05) is 0 Å². The molecule has 2 heterocycles. The molecule has 3 aliphatic rings. The zero-order valence-electron chi connectivity index (χ0n) is 37.2. The Morgan fingerprint density at radius 3 is 1.63 bits per heavy atom. The number of allylic oxidation sites excluding steroid dienone is 8. The fourth-order valence-electron chi connectivity index (χ4n) is 12.2. The summed E-state index contributed by atoms with van der Waals surface area (Å²) in [5.41, 5.74) is 15.8. The number of benzene rings is 10. The normalized spacial score (nSPS) is 16.8. The quantitative estimate of drug-likeness (QED) is 0.156. The van der Waals surface area contributed by atoms with Crippen molar-refractivity contribution in [2.24, 2.45) is 5.92 Å². The van der Waals surface area contributed by atoms with Gasteiger partial charge in [-0.25, -0.2) is 0 Å². The molecule has 2 heteroatoms. The minimum atomic E-state index is 0.260. The molecule has 0 spiro atoms. The zero-order chi connectivity index (χ0) is 44.2. The lowest BCUT2D eigenvalue weighted by molar-refractivity contribution is 0.646. The number of aromatic nitrogens is 1. The molecule has 0 fully saturated rings. The number of para-hydroxylation sites is 1. The third-order valence-electron chi connectivity index (χ3n) is 15.0. The first-order chi connectivity index (χ1) is 33.2. The van der Waals surface area contributed by atoms with Crippen LogP contribution in [0.25, 0.3) is 110 Å². The minimum Gasteiger partial charge on any atom is -0.313 e. The van der Waals surface area contributed by atoms with Crippen LogP contribution in [0.15, 0.2) is 228 Å². The van der Waals surface area contributed by atoms with Crippen molar-refractivity contribution in [3.8, 4) is 33.4 Å². The standard InChI is InChI=1S/C65H45NS/c1-40-44(63-51-28-12-8-24-47(51)61(41-19-4-2-5-20-41)48-25-9-13-29-52(48)63)37-38-59-60(40)55-32-18-33-56(65(55)67-59)64-53-30-14-10-26-49(53)62(50-27-11-15-31-54(50)64)42-35-36-46-45-23-16-17-34-57(45)66(58(46)39-42)43-21-6-3-7-22-43/h2-6,8-21,23-40,60H,7,22H2,1H3. The van der Waals surface area contributed by atoms with Gasteiger partial charge in [0.05, 0.1) is 11.0 Å². The SMILES string of the molecule is CC1C(c2c3ccccc3c(-c3ccccc3)c3ccccc23)=CC=C2Sc3c(-c4c5ccccc5c(-c5ccc6c7ccccc7n(C7=CC=CCC7)c6c5)c5ccccc45)cccc3C21. The predicted molar refractivity (Wildman–Crippen MR) is 289 cm³/mol. The molecular formula is C65H45NS. The molecule has 2 unspecified atom stereocenters. The summed E-state index contributed by atoms with van der Waals surface area (Å²) in [5.74, 6) is 0.525. The predicted octanol–water partition coefficient (Wildman–Crippen LogP) is 18.4. The molecule has 0 amide bonds. The van der Waals surface area contributed by atoms with Crippen molar-refractivity contribution < 1.29 is 0 Å². The molecule has 1 aromatic heterocycles. The van der Waals surface area contributed by atoms with Crippen molar-refractivity contribution in [1.82, 2.24) is 4.57 Å². The van der Waals surface area contributed by atoms with E-state index in [1.165, 1.54) is 130 Å². The van der Waals surface area contributed by atoms with Crippen LogP contribution in [0.3, 0.4) is 0 Å². The Morgan fingerprint density at radius 1 is 0.448 bits per heavy atom. The second-order valence-corrected chi connectivity index (χ2v) is 19.6. The maximum atomic E-state index is 2.51. The second kappa shape index (κ2) is 15.2. The number of fused-ring (bicyclic) bond motifs is 10. The average Bonchev–Trinajstić information content (AvgIpc) is 3.94. The Morgan fingerprint density at radius 2 is 1.00 bits per heavy atom. The molecule has 0 bridgehead atoms. The van der Waals surface area contributed by atoms with Gasteiger partial charge in [-0.05, 0) is 135 Å². The molecule has 1 nitrogen and oxygen atoms in total. The van der Waals surface area contributed by atoms with Gasteiger partial charge in [-0.15, -0.1) is 0 Å². The van der Waals surface area contributed by atoms with E-state index in [1.807, 2.05) is 11.8 Å². The van der Waals surface area contributed by atoms with Crippen LogP contribution in [0.4, 0.5) is 0 Å². The lowest BCUT2D eigenvalue weighted by Gasteiger charge is -2.30. The number of nitrogens with zero attached hydrogens (tertiary/aromatic N) is 1. The van der Waals surface area contributed by atoms with Crippen LogP contribution in [0.1, 0.15) is 36.8 Å². The Kier molecular flexibility index (Phi) is 8.76. The van der Waals surface area contributed by atoms with Crippen molar-refractivity contribution >= 4 is 87.9 Å². The molecule has 316 valence electrons. The van der Waals surface area contributed by atoms with Gasteiger partial charge >= 0.3 is 0 Å². The zero-order valence-corrected chi connectivity index (χ0v) is 38.0. The van der Waals surface area contributed by atoms with Gasteiger partial charge in [0.15, 0.2) is 0 Å². The van der Waals surface area contributed by atoms with Gasteiger partial charge in [0.2, 0.25) is 0 Å². The highest BCUT2D eigenvalue weighted by Gasteiger charge is 2.39. The summed E-state index contributed by atoms with van der Waals surface area (Å²) in [6, 6.07) is 70.6. The van der Waals surface area contributed by atoms with Gasteiger partial charge in [-0.1, -0.05) is 219 Å². The van der Waals surface area contributed by atoms with Crippen LogP contribution in [0, 0.1) is 5.92 Å². The maximum absolute atomic E-state index is 2.51. The van der Waals surface area contributed by atoms with E-state index < -0.39 is 0 Å². The smallest absolute Gasteiger partial charge is 0.0544 e. The van der Waals surface area contributed by atoms with E-state index in [2.05, 4.69) is 230 Å². The van der Waals surface area contributed by atoms with Crippen LogP contribution in [0.2, 0.25) is 0 Å². The largest absolute Gasteiger partial charge is 0.313 e. The van der Waals surface area contributed by atoms with Crippen LogP contribution >= 0.6 is 11.8 Å². The number of thioether (sulfide) groups is 1. The highest BCUT2D eigenvalue weighted by Crippen LogP contribution is 2.60. The monoisotopic (exact) mass is 871 g/mol. The highest BCUT2D eigenvalue weighted by atomic mass is 32.2. The molecule has 2 aliphatic carbocycles. The third kappa shape index (κ3) is 5.76. The Labute approximate surface area is 394 Å². The van der Waals surface area contributed by atoms with Crippen LogP contribution in [0.5, 0.6) is 0 Å². The first kappa shape index (κ1) is 38.6. The molecule has 0 saturated heterocycles. The second-order valence-electron chi connectivity index (χ2n) is 18.5. The summed E-state index contributed by atoms with van der Waals surface area (Å²) >= 11 is 1.99. The summed E-state index contributed by atoms with van der Waals surface area (Å²) in [6.07, 6.45) is 13.8. The first-order valence-electron chi connectivity index (χ1n) is 23.8. The van der Waals surface area contributed by atoms with Crippen LogP contribution in [-0.4, -0.2) is 4.57 Å². The van der Waals surface area contributed by atoms with E-state index in [9.17, 15) is 0 Å². The van der Waals surface area contributed by atoms with Crippen LogP contribution in [-0.2, 0) is 0 Å². The van der Waals surface area contributed by atoms with E-state index in [0.717, 1.165) is 12.8 Å². The van der Waals surface area contributed by atoms with Gasteiger partial charge in [-0.2, -0.15) is 0 Å². The van der Waals surface area contributed by atoms with Crippen molar-refractivity contribution in [3.63, 3.8) is 0 Å². The molecule has 14 rings (SSSR count). The van der Waals surface area contributed by atoms with E-state index in [-0.39, 0.29) is 11.8 Å². The van der Waals surface area contributed by atoms with Gasteiger partial charge in [0, 0.05) is 27.3 Å². The molecule has 1 aliphatic heterocycles. The summed E-state index contributed by atoms with van der Waals surface area (Å²) in [7, 11) is 0. The number of hydrogen-bond acceptors (Lipinski definition) is 1. The van der Waals surface area contributed by atoms with Crippen molar-refractivity contribution in [1.29, 1.82) is 0 Å². The topological polar surface area (TPSA) is 4.93 Å². The Balaban J connectivity index is 0.933. The van der Waals surface area contributed by atoms with Crippen LogP contribution < -0.4 is 0 Å². The van der Waals surface area contributed by atoms with Gasteiger partial charge in [0.25, 0.3) is 0 Å². The summed E-state index contributed by atoms with van der Waals surface area (Å²) in [5, 5.41) is 13.0. The number of rotatable bonds is 5. The summed E-state index contributed by atoms with van der Waals surface area (Å²) in [6.45, 7) is 2.47. The van der Waals surface area contributed by atoms with E-state index >= 15 is 0 Å². The molecule has 10 aromatic carbocycles. The van der Waals surface area contributed by atoms with E-state index in [4.69, 9.17) is 0 Å². The summed E-state index contributed by atoms with van der Waals surface area (Å²) in [4.78, 5) is 2.82. The molecular weight excluding hydrogens is 827 g/mol. The first-order valence-corrected chi connectivity index (χ1v) is 24.6. The van der Waals surface area contributed by atoms with Crippen molar-refractivity contribution in [2.45, 2.75) is 30.6 Å². The fraction of sp³-hybridized carbons (Fsp3) is 0.0769. The molecule has 11 aromatic rings. The van der Waals surface area contributed by atoms with E-state index in [0.29, 0.717) is 0 Å². The van der Waals surface area contributed by atoms with Gasteiger partial charge in [-0.3, -0.25) is 0 Å². The van der Waals surface area contributed by atoms with E-state index in [1.54, 1.807) is 0 Å². The molecule has 2 atom stereocenters. The van der Waals surface area contributed by atoms with Gasteiger partial charge in [0.1, 0.15) is 0 Å². The molecule has 67 heavy (non-hydrogen) atoms. The highest BCUT2D eigenvalue weighted by molar-refractivity contribution is 8.03. The van der Waals surface area contributed by atoms with Gasteiger partial charge < -0.3 is 4.57 Å². The Hall–Kier alpha value is -7.65. The lowest BCUT2D eigenvalue weighted by Crippen LogP contribution is -2.14. The lowest BCUT2D eigenvalue weighted by atomic mass is 9.74. The fourth-order valence-corrected chi connectivity index (χ4v) is 13.6. The molecule has 0 saturated carbocycles. The maximum Gasteiger partial charge on any atom is 0.0544 e. The minimum absolute atomic E-state index is 0.260.